The van der Waals surface area contributed by atoms with Gasteiger partial charge in [-0.25, -0.2) is 0 Å². The minimum absolute atomic E-state index is 0.473. The molecule has 2 nitrogen and oxygen atoms in total. The van der Waals surface area contributed by atoms with Gasteiger partial charge in [-0.05, 0) is 59.0 Å². The van der Waals surface area contributed by atoms with Crippen molar-refractivity contribution < 1.29 is 4.74 Å². The fraction of sp³-hybridized carbons (Fsp3) is 0.115. The van der Waals surface area contributed by atoms with Crippen molar-refractivity contribution in [2.75, 3.05) is 0 Å². The van der Waals surface area contributed by atoms with Crippen LogP contribution in [0.4, 0.5) is 0 Å². The number of fused-ring (bicyclic) bond motifs is 5. The molecule has 0 aliphatic carbocycles. The second kappa shape index (κ2) is 6.65. The highest BCUT2D eigenvalue weighted by atomic mass is 16.5. The van der Waals surface area contributed by atoms with Gasteiger partial charge in [0.1, 0.15) is 11.5 Å². The van der Waals surface area contributed by atoms with Crippen molar-refractivity contribution in [2.24, 2.45) is 0 Å². The van der Waals surface area contributed by atoms with Crippen LogP contribution < -0.4 is 4.74 Å². The van der Waals surface area contributed by atoms with Crippen LogP contribution in [0.3, 0.4) is 0 Å². The highest BCUT2D eigenvalue weighted by Gasteiger charge is 2.20. The Morgan fingerprint density at radius 1 is 0.679 bits per heavy atom. The first-order valence-electron chi connectivity index (χ1n) is 9.68. The lowest BCUT2D eigenvalue weighted by atomic mass is 9.93. The van der Waals surface area contributed by atoms with Crippen LogP contribution in [-0.2, 0) is 0 Å². The summed E-state index contributed by atoms with van der Waals surface area (Å²) < 4.78 is 6.32. The van der Waals surface area contributed by atoms with Crippen molar-refractivity contribution in [1.82, 2.24) is 4.98 Å². The van der Waals surface area contributed by atoms with Crippen LogP contribution in [0.5, 0.6) is 11.5 Å². The fourth-order valence-corrected chi connectivity index (χ4v) is 3.80. The topological polar surface area (TPSA) is 22.1 Å². The monoisotopic (exact) mass is 363 g/mol. The molecule has 0 unspecified atom stereocenters. The molecule has 1 aliphatic heterocycles. The summed E-state index contributed by atoms with van der Waals surface area (Å²) in [7, 11) is 0. The lowest BCUT2D eigenvalue weighted by Crippen LogP contribution is -1.92. The van der Waals surface area contributed by atoms with Gasteiger partial charge in [0.15, 0.2) is 0 Å². The Kier molecular flexibility index (Phi) is 3.98. The third-order valence-electron chi connectivity index (χ3n) is 5.34. The molecule has 1 aromatic heterocycles. The zero-order valence-corrected chi connectivity index (χ0v) is 16.0. The molecule has 28 heavy (non-hydrogen) atoms. The summed E-state index contributed by atoms with van der Waals surface area (Å²) >= 11 is 0. The normalized spacial score (nSPS) is 11.8. The number of ether oxygens (including phenoxy) is 1. The Morgan fingerprint density at radius 3 is 2.14 bits per heavy atom. The van der Waals surface area contributed by atoms with Crippen LogP contribution in [0.1, 0.15) is 25.3 Å². The van der Waals surface area contributed by atoms with Crippen molar-refractivity contribution in [3.63, 3.8) is 0 Å². The van der Waals surface area contributed by atoms with Crippen molar-refractivity contribution in [2.45, 2.75) is 19.8 Å². The molecule has 5 rings (SSSR count). The van der Waals surface area contributed by atoms with E-state index >= 15 is 0 Å². The third-order valence-corrected chi connectivity index (χ3v) is 5.34. The van der Waals surface area contributed by atoms with Gasteiger partial charge in [0.25, 0.3) is 0 Å². The van der Waals surface area contributed by atoms with E-state index in [-0.39, 0.29) is 0 Å². The van der Waals surface area contributed by atoms with Crippen molar-refractivity contribution in [3.8, 4) is 45.0 Å². The second-order valence-corrected chi connectivity index (χ2v) is 7.48. The van der Waals surface area contributed by atoms with Crippen LogP contribution in [-0.4, -0.2) is 4.98 Å². The largest absolute Gasteiger partial charge is 0.456 e. The van der Waals surface area contributed by atoms with Gasteiger partial charge in [-0.3, -0.25) is 4.98 Å². The number of para-hydroxylation sites is 1. The fourth-order valence-electron chi connectivity index (χ4n) is 3.80. The molecule has 0 fully saturated rings. The maximum atomic E-state index is 6.32. The number of pyridine rings is 1. The van der Waals surface area contributed by atoms with E-state index in [0.29, 0.717) is 5.92 Å². The van der Waals surface area contributed by atoms with E-state index in [4.69, 9.17) is 4.74 Å². The Bertz CT molecular complexity index is 1180. The van der Waals surface area contributed by atoms with E-state index in [0.717, 1.165) is 33.9 Å². The maximum absolute atomic E-state index is 6.32. The van der Waals surface area contributed by atoms with E-state index in [1.807, 2.05) is 18.3 Å². The molecule has 0 bridgehead atoms. The molecule has 0 atom stereocenters. The van der Waals surface area contributed by atoms with E-state index in [1.54, 1.807) is 0 Å². The van der Waals surface area contributed by atoms with Crippen molar-refractivity contribution in [1.29, 1.82) is 0 Å². The van der Waals surface area contributed by atoms with E-state index < -0.39 is 0 Å². The molecule has 2 heterocycles. The van der Waals surface area contributed by atoms with Crippen LogP contribution in [0, 0.1) is 0 Å². The first-order chi connectivity index (χ1) is 13.7. The first-order valence-corrected chi connectivity index (χ1v) is 9.68. The van der Waals surface area contributed by atoms with E-state index in [1.165, 1.54) is 16.7 Å². The predicted molar refractivity (Wildman–Crippen MR) is 115 cm³/mol. The number of nitrogens with zero attached hydrogens (tertiary/aromatic N) is 1. The maximum Gasteiger partial charge on any atom is 0.135 e. The quantitative estimate of drug-likeness (QED) is 0.328. The Labute approximate surface area is 165 Å². The second-order valence-electron chi connectivity index (χ2n) is 7.48. The lowest BCUT2D eigenvalue weighted by molar-refractivity contribution is 0.488. The number of rotatable bonds is 2. The summed E-state index contributed by atoms with van der Waals surface area (Å²) in [5, 5.41) is 0. The number of benzene rings is 3. The minimum Gasteiger partial charge on any atom is -0.456 e. The molecule has 0 radical (unpaired) electrons. The highest BCUT2D eigenvalue weighted by Crippen LogP contribution is 2.47. The summed E-state index contributed by atoms with van der Waals surface area (Å²) in [5.74, 6) is 2.24. The highest BCUT2D eigenvalue weighted by molar-refractivity contribution is 5.91. The SMILES string of the molecule is CC(C)c1ccnc(-c2ccc3c(c2)-c2ccccc2-c2ccccc2O3)c1. The number of hydrogen-bond acceptors (Lipinski definition) is 2. The van der Waals surface area contributed by atoms with Gasteiger partial charge in [0, 0.05) is 22.9 Å². The lowest BCUT2D eigenvalue weighted by Gasteiger charge is -2.12. The average molecular weight is 363 g/mol. The van der Waals surface area contributed by atoms with Crippen LogP contribution in [0.25, 0.3) is 33.5 Å². The van der Waals surface area contributed by atoms with Gasteiger partial charge in [-0.2, -0.15) is 0 Å². The van der Waals surface area contributed by atoms with Gasteiger partial charge in [0.2, 0.25) is 0 Å². The molecule has 2 heteroatoms. The Hall–Kier alpha value is -3.39. The zero-order valence-electron chi connectivity index (χ0n) is 16.0. The van der Waals surface area contributed by atoms with Gasteiger partial charge < -0.3 is 4.74 Å². The molecule has 0 saturated heterocycles. The smallest absolute Gasteiger partial charge is 0.135 e. The number of hydrogen-bond donors (Lipinski definition) is 0. The van der Waals surface area contributed by atoms with Crippen LogP contribution >= 0.6 is 0 Å². The molecule has 1 aliphatic rings. The minimum atomic E-state index is 0.473. The molecular weight excluding hydrogens is 342 g/mol. The van der Waals surface area contributed by atoms with Gasteiger partial charge >= 0.3 is 0 Å². The molecule has 3 aromatic carbocycles. The van der Waals surface area contributed by atoms with E-state index in [2.05, 4.69) is 85.6 Å². The predicted octanol–water partition coefficient (Wildman–Crippen LogP) is 7.31. The summed E-state index contributed by atoms with van der Waals surface area (Å²) in [5.41, 5.74) is 7.99. The van der Waals surface area contributed by atoms with Crippen molar-refractivity contribution >= 4 is 0 Å². The van der Waals surface area contributed by atoms with Gasteiger partial charge in [-0.15, -0.1) is 0 Å². The summed E-state index contributed by atoms with van der Waals surface area (Å²) in [6.07, 6.45) is 1.90. The van der Waals surface area contributed by atoms with Gasteiger partial charge in [0.05, 0.1) is 5.69 Å². The van der Waals surface area contributed by atoms with Gasteiger partial charge in [-0.1, -0.05) is 56.3 Å². The Morgan fingerprint density at radius 2 is 1.36 bits per heavy atom. The molecule has 4 aromatic rings. The van der Waals surface area contributed by atoms with Crippen LogP contribution in [0.2, 0.25) is 0 Å². The summed E-state index contributed by atoms with van der Waals surface area (Å²) in [6, 6.07) is 27.4. The third kappa shape index (κ3) is 2.78. The first kappa shape index (κ1) is 16.8. The molecule has 0 N–H and O–H groups in total. The number of aromatic nitrogens is 1. The molecule has 0 spiro atoms. The molecular formula is C26H21NO. The summed E-state index contributed by atoms with van der Waals surface area (Å²) in [6.45, 7) is 4.41. The standard InChI is InChI=1S/C26H21NO/c1-17(2)18-13-14-27-24(16-18)19-11-12-26-23(15-19)21-8-4-3-7-20(21)22-9-5-6-10-25(22)28-26/h3-17H,1-2H3. The van der Waals surface area contributed by atoms with E-state index in [9.17, 15) is 0 Å². The Balaban J connectivity index is 1.71. The molecule has 0 saturated carbocycles. The van der Waals surface area contributed by atoms with Crippen LogP contribution in [0.15, 0.2) is 85.1 Å². The molecule has 136 valence electrons. The zero-order chi connectivity index (χ0) is 19.1. The summed E-state index contributed by atoms with van der Waals surface area (Å²) in [4.78, 5) is 4.62. The average Bonchev–Trinajstić information content (AvgIpc) is 2.88. The van der Waals surface area contributed by atoms with Crippen molar-refractivity contribution in [3.05, 3.63) is 90.6 Å². The molecule has 0 amide bonds.